The third-order valence-corrected chi connectivity index (χ3v) is 5.28. The summed E-state index contributed by atoms with van der Waals surface area (Å²) < 4.78 is 0. The van der Waals surface area contributed by atoms with Crippen molar-refractivity contribution in [1.82, 2.24) is 15.2 Å². The maximum atomic E-state index is 12.4. The summed E-state index contributed by atoms with van der Waals surface area (Å²) in [5.41, 5.74) is 2.16. The van der Waals surface area contributed by atoms with Gasteiger partial charge < -0.3 is 10.2 Å². The normalized spacial score (nSPS) is 15.8. The zero-order valence-electron chi connectivity index (χ0n) is 13.5. The molecule has 0 unspecified atom stereocenters. The molecule has 1 N–H and O–H groups in total. The fraction of sp³-hybridized carbons (Fsp3) is 0.444. The zero-order valence-corrected chi connectivity index (χ0v) is 14.3. The van der Waals surface area contributed by atoms with Gasteiger partial charge in [0, 0.05) is 30.9 Å². The molecule has 0 saturated carbocycles. The molecular formula is C18H23N3OS. The summed E-state index contributed by atoms with van der Waals surface area (Å²) >= 11 is 1.65. The van der Waals surface area contributed by atoms with Gasteiger partial charge in [-0.1, -0.05) is 30.3 Å². The predicted molar refractivity (Wildman–Crippen MR) is 93.7 cm³/mol. The molecule has 0 aliphatic carbocycles. The van der Waals surface area contributed by atoms with E-state index in [1.807, 2.05) is 35.5 Å². The maximum Gasteiger partial charge on any atom is 0.228 e. The lowest BCUT2D eigenvalue weighted by molar-refractivity contribution is -0.131. The lowest BCUT2D eigenvalue weighted by atomic mass is 10.0. The number of carbonyl (C=O) groups excluding carboxylic acids is 1. The summed E-state index contributed by atoms with van der Waals surface area (Å²) in [5.74, 6) is 0.205. The Balaban J connectivity index is 1.53. The molecule has 0 atom stereocenters. The Morgan fingerprint density at radius 1 is 1.30 bits per heavy atom. The van der Waals surface area contributed by atoms with Crippen LogP contribution in [-0.4, -0.2) is 42.0 Å². The highest BCUT2D eigenvalue weighted by molar-refractivity contribution is 7.09. The van der Waals surface area contributed by atoms with Gasteiger partial charge in [0.05, 0.1) is 17.1 Å². The monoisotopic (exact) mass is 329 g/mol. The third kappa shape index (κ3) is 4.39. The number of hydrogen-bond donors (Lipinski definition) is 1. The molecule has 1 aromatic heterocycles. The second-order valence-electron chi connectivity index (χ2n) is 6.02. The molecule has 3 rings (SSSR count). The first-order valence-electron chi connectivity index (χ1n) is 8.17. The molecular weight excluding hydrogens is 306 g/mol. The molecule has 5 heteroatoms. The van der Waals surface area contributed by atoms with Gasteiger partial charge in [-0.3, -0.25) is 4.79 Å². The quantitative estimate of drug-likeness (QED) is 0.917. The van der Waals surface area contributed by atoms with Crippen LogP contribution in [0.1, 0.15) is 29.1 Å². The average molecular weight is 329 g/mol. The Morgan fingerprint density at radius 3 is 2.74 bits per heavy atom. The number of nitrogens with zero attached hydrogens (tertiary/aromatic N) is 2. The largest absolute Gasteiger partial charge is 0.342 e. The van der Waals surface area contributed by atoms with Gasteiger partial charge in [-0.25, -0.2) is 4.98 Å². The molecule has 1 amide bonds. The highest BCUT2D eigenvalue weighted by Crippen LogP contribution is 2.17. The fourth-order valence-corrected chi connectivity index (χ4v) is 3.79. The van der Waals surface area contributed by atoms with Crippen molar-refractivity contribution in [3.05, 3.63) is 52.0 Å². The van der Waals surface area contributed by atoms with Crippen LogP contribution in [0, 0.1) is 0 Å². The number of hydrogen-bond acceptors (Lipinski definition) is 4. The first kappa shape index (κ1) is 16.1. The Labute approximate surface area is 141 Å². The number of piperidine rings is 1. The van der Waals surface area contributed by atoms with Crippen molar-refractivity contribution >= 4 is 17.2 Å². The van der Waals surface area contributed by atoms with E-state index in [1.54, 1.807) is 11.3 Å². The number of amides is 1. The Hall–Kier alpha value is -1.72. The van der Waals surface area contributed by atoms with E-state index in [9.17, 15) is 4.79 Å². The van der Waals surface area contributed by atoms with Crippen LogP contribution in [0.15, 0.2) is 35.7 Å². The Bertz CT molecular complexity index is 633. The third-order valence-electron chi connectivity index (χ3n) is 4.39. The molecule has 1 aromatic carbocycles. The van der Waals surface area contributed by atoms with E-state index >= 15 is 0 Å². The zero-order chi connectivity index (χ0) is 16.1. The van der Waals surface area contributed by atoms with Crippen LogP contribution < -0.4 is 5.32 Å². The van der Waals surface area contributed by atoms with E-state index in [4.69, 9.17) is 0 Å². The number of rotatable bonds is 5. The number of aromatic nitrogens is 1. The van der Waals surface area contributed by atoms with Gasteiger partial charge in [-0.2, -0.15) is 0 Å². The summed E-state index contributed by atoms with van der Waals surface area (Å²) in [6.45, 7) is 1.71. The standard InChI is InChI=1S/C18H23N3OS/c1-19-15-7-9-21(10-8-15)18(22)12-16-13-23-17(20-16)11-14-5-3-2-4-6-14/h2-6,13,15,19H,7-12H2,1H3. The molecule has 23 heavy (non-hydrogen) atoms. The van der Waals surface area contributed by atoms with Crippen molar-refractivity contribution in [2.45, 2.75) is 31.7 Å². The van der Waals surface area contributed by atoms with E-state index in [0.717, 1.165) is 43.1 Å². The van der Waals surface area contributed by atoms with Gasteiger partial charge in [0.2, 0.25) is 5.91 Å². The van der Waals surface area contributed by atoms with E-state index in [1.165, 1.54) is 5.56 Å². The fourth-order valence-electron chi connectivity index (χ4n) is 2.97. The first-order valence-corrected chi connectivity index (χ1v) is 9.05. The molecule has 2 heterocycles. The van der Waals surface area contributed by atoms with Crippen molar-refractivity contribution in [3.63, 3.8) is 0 Å². The number of nitrogens with one attached hydrogen (secondary N) is 1. The van der Waals surface area contributed by atoms with E-state index in [-0.39, 0.29) is 5.91 Å². The number of benzene rings is 1. The lowest BCUT2D eigenvalue weighted by Crippen LogP contribution is -2.44. The molecule has 1 aliphatic heterocycles. The minimum absolute atomic E-state index is 0.205. The second-order valence-corrected chi connectivity index (χ2v) is 6.96. The molecule has 122 valence electrons. The Morgan fingerprint density at radius 2 is 2.04 bits per heavy atom. The van der Waals surface area contributed by atoms with Gasteiger partial charge in [-0.15, -0.1) is 11.3 Å². The molecule has 1 saturated heterocycles. The molecule has 2 aromatic rings. The van der Waals surface area contributed by atoms with Gasteiger partial charge in [0.15, 0.2) is 0 Å². The minimum atomic E-state index is 0.205. The van der Waals surface area contributed by atoms with Gasteiger partial charge in [0.1, 0.15) is 0 Å². The Kier molecular flexibility index (Phi) is 5.41. The van der Waals surface area contributed by atoms with Crippen LogP contribution in [0.3, 0.4) is 0 Å². The van der Waals surface area contributed by atoms with Crippen LogP contribution in [0.2, 0.25) is 0 Å². The molecule has 0 radical (unpaired) electrons. The number of thiazole rings is 1. The van der Waals surface area contributed by atoms with Crippen LogP contribution in [0.25, 0.3) is 0 Å². The van der Waals surface area contributed by atoms with Crippen LogP contribution in [0.4, 0.5) is 0 Å². The maximum absolute atomic E-state index is 12.4. The van der Waals surface area contributed by atoms with E-state index in [0.29, 0.717) is 12.5 Å². The van der Waals surface area contributed by atoms with Crippen molar-refractivity contribution in [2.75, 3.05) is 20.1 Å². The van der Waals surface area contributed by atoms with Crippen LogP contribution in [0.5, 0.6) is 0 Å². The summed E-state index contributed by atoms with van der Waals surface area (Å²) in [5, 5.41) is 6.39. The van der Waals surface area contributed by atoms with Gasteiger partial charge >= 0.3 is 0 Å². The predicted octanol–water partition coefficient (Wildman–Crippen LogP) is 2.49. The summed E-state index contributed by atoms with van der Waals surface area (Å²) in [6, 6.07) is 10.9. The average Bonchev–Trinajstić information content (AvgIpc) is 3.02. The summed E-state index contributed by atoms with van der Waals surface area (Å²) in [4.78, 5) is 19.0. The van der Waals surface area contributed by atoms with Gasteiger partial charge in [0.25, 0.3) is 0 Å². The van der Waals surface area contributed by atoms with Gasteiger partial charge in [-0.05, 0) is 25.5 Å². The highest BCUT2D eigenvalue weighted by Gasteiger charge is 2.22. The van der Waals surface area contributed by atoms with Crippen molar-refractivity contribution in [3.8, 4) is 0 Å². The summed E-state index contributed by atoms with van der Waals surface area (Å²) in [7, 11) is 1.99. The molecule has 0 bridgehead atoms. The second kappa shape index (κ2) is 7.70. The lowest BCUT2D eigenvalue weighted by Gasteiger charge is -2.31. The minimum Gasteiger partial charge on any atom is -0.342 e. The molecule has 0 spiro atoms. The van der Waals surface area contributed by atoms with E-state index < -0.39 is 0 Å². The van der Waals surface area contributed by atoms with Crippen LogP contribution >= 0.6 is 11.3 Å². The number of likely N-dealkylation sites (tertiary alicyclic amines) is 1. The van der Waals surface area contributed by atoms with Crippen molar-refractivity contribution in [2.24, 2.45) is 0 Å². The summed E-state index contributed by atoms with van der Waals surface area (Å²) in [6.07, 6.45) is 3.35. The number of carbonyl (C=O) groups is 1. The highest BCUT2D eigenvalue weighted by atomic mass is 32.1. The molecule has 1 aliphatic rings. The van der Waals surface area contributed by atoms with Crippen molar-refractivity contribution < 1.29 is 4.79 Å². The van der Waals surface area contributed by atoms with E-state index in [2.05, 4.69) is 22.4 Å². The topological polar surface area (TPSA) is 45.2 Å². The molecule has 4 nitrogen and oxygen atoms in total. The van der Waals surface area contributed by atoms with Crippen molar-refractivity contribution in [1.29, 1.82) is 0 Å². The molecule has 1 fully saturated rings. The first-order chi connectivity index (χ1) is 11.2. The SMILES string of the molecule is CNC1CCN(C(=O)Cc2csc(Cc3ccccc3)n2)CC1. The van der Waals surface area contributed by atoms with Crippen LogP contribution in [-0.2, 0) is 17.6 Å². The smallest absolute Gasteiger partial charge is 0.228 e.